The summed E-state index contributed by atoms with van der Waals surface area (Å²) in [6.07, 6.45) is 3.40. The highest BCUT2D eigenvalue weighted by atomic mass is 16.4. The maximum absolute atomic E-state index is 5.66. The number of aromatic nitrogens is 3. The average molecular weight is 342 g/mol. The molecule has 5 heteroatoms. The van der Waals surface area contributed by atoms with Crippen LogP contribution in [0.5, 0.6) is 0 Å². The van der Waals surface area contributed by atoms with Crippen molar-refractivity contribution < 1.29 is 4.42 Å². The molecule has 2 heterocycles. The summed E-state index contributed by atoms with van der Waals surface area (Å²) in [4.78, 5) is 3.99. The Morgan fingerprint density at radius 3 is 2.46 bits per heavy atom. The van der Waals surface area contributed by atoms with Crippen molar-refractivity contribution in [3.63, 3.8) is 0 Å². The van der Waals surface area contributed by atoms with Crippen molar-refractivity contribution in [2.45, 2.75) is 13.5 Å². The molecule has 26 heavy (non-hydrogen) atoms. The molecule has 0 saturated carbocycles. The Morgan fingerprint density at radius 1 is 0.846 bits per heavy atom. The summed E-state index contributed by atoms with van der Waals surface area (Å²) in [5.74, 6) is 0.475. The van der Waals surface area contributed by atoms with Crippen molar-refractivity contribution in [3.8, 4) is 22.6 Å². The van der Waals surface area contributed by atoms with Gasteiger partial charge in [-0.3, -0.25) is 4.98 Å². The normalized spacial score (nSPS) is 10.7. The first-order chi connectivity index (χ1) is 12.8. The first kappa shape index (κ1) is 16.0. The van der Waals surface area contributed by atoms with Crippen molar-refractivity contribution in [2.24, 2.45) is 0 Å². The van der Waals surface area contributed by atoms with Crippen molar-refractivity contribution >= 4 is 6.01 Å². The van der Waals surface area contributed by atoms with Gasteiger partial charge in [-0.1, -0.05) is 53.1 Å². The van der Waals surface area contributed by atoms with Crippen LogP contribution in [0.2, 0.25) is 0 Å². The Balaban J connectivity index is 1.46. The van der Waals surface area contributed by atoms with Gasteiger partial charge in [-0.05, 0) is 41.8 Å². The highest BCUT2D eigenvalue weighted by molar-refractivity contribution is 5.64. The summed E-state index contributed by atoms with van der Waals surface area (Å²) in [6, 6.07) is 21.0. The van der Waals surface area contributed by atoms with Gasteiger partial charge in [0.25, 0.3) is 0 Å². The van der Waals surface area contributed by atoms with Crippen molar-refractivity contribution in [1.29, 1.82) is 0 Å². The van der Waals surface area contributed by atoms with Gasteiger partial charge in [0, 0.05) is 24.5 Å². The van der Waals surface area contributed by atoms with Crippen molar-refractivity contribution in [2.75, 3.05) is 5.32 Å². The van der Waals surface area contributed by atoms with Gasteiger partial charge in [0.15, 0.2) is 0 Å². The smallest absolute Gasteiger partial charge is 0.316 e. The van der Waals surface area contributed by atoms with Crippen LogP contribution in [0.25, 0.3) is 22.6 Å². The first-order valence-corrected chi connectivity index (χ1v) is 8.42. The lowest BCUT2D eigenvalue weighted by molar-refractivity contribution is 0.581. The number of nitrogens with zero attached hydrogens (tertiary/aromatic N) is 3. The molecule has 2 aromatic heterocycles. The van der Waals surface area contributed by atoms with Crippen LogP contribution in [0.15, 0.2) is 77.5 Å². The predicted molar refractivity (Wildman–Crippen MR) is 101 cm³/mol. The van der Waals surface area contributed by atoms with Gasteiger partial charge in [-0.15, -0.1) is 5.10 Å². The van der Waals surface area contributed by atoms with E-state index in [4.69, 9.17) is 4.42 Å². The number of nitrogens with one attached hydrogen (secondary N) is 1. The molecule has 0 amide bonds. The fourth-order valence-corrected chi connectivity index (χ4v) is 2.69. The number of benzene rings is 2. The molecule has 1 N–H and O–H groups in total. The van der Waals surface area contributed by atoms with Gasteiger partial charge < -0.3 is 9.73 Å². The van der Waals surface area contributed by atoms with Crippen molar-refractivity contribution in [1.82, 2.24) is 15.2 Å². The lowest BCUT2D eigenvalue weighted by Gasteiger charge is -2.06. The summed E-state index contributed by atoms with van der Waals surface area (Å²) in [6.45, 7) is 2.70. The highest BCUT2D eigenvalue weighted by Crippen LogP contribution is 2.22. The molecule has 0 aliphatic carbocycles. The van der Waals surface area contributed by atoms with Gasteiger partial charge in [-0.25, -0.2) is 0 Å². The molecular weight excluding hydrogens is 324 g/mol. The van der Waals surface area contributed by atoms with E-state index in [0.717, 1.165) is 11.1 Å². The summed E-state index contributed by atoms with van der Waals surface area (Å²) >= 11 is 0. The zero-order valence-corrected chi connectivity index (χ0v) is 14.4. The molecule has 4 rings (SSSR count). The van der Waals surface area contributed by atoms with Crippen LogP contribution in [0.3, 0.4) is 0 Å². The second kappa shape index (κ2) is 7.19. The van der Waals surface area contributed by atoms with Gasteiger partial charge in [0.1, 0.15) is 0 Å². The molecule has 0 saturated heterocycles. The van der Waals surface area contributed by atoms with Crippen LogP contribution in [-0.2, 0) is 6.54 Å². The van der Waals surface area contributed by atoms with Gasteiger partial charge in [-0.2, -0.15) is 0 Å². The molecule has 0 bridgehead atoms. The van der Waals surface area contributed by atoms with Gasteiger partial charge in [0.2, 0.25) is 5.89 Å². The maximum atomic E-state index is 5.66. The van der Waals surface area contributed by atoms with E-state index in [1.54, 1.807) is 12.4 Å². The highest BCUT2D eigenvalue weighted by Gasteiger charge is 2.08. The van der Waals surface area contributed by atoms with E-state index in [1.165, 1.54) is 16.7 Å². The number of rotatable bonds is 5. The summed E-state index contributed by atoms with van der Waals surface area (Å²) in [5.41, 5.74) is 5.64. The molecule has 0 aliphatic heterocycles. The Morgan fingerprint density at radius 2 is 1.65 bits per heavy atom. The van der Waals surface area contributed by atoms with E-state index in [1.807, 2.05) is 12.1 Å². The van der Waals surface area contributed by atoms with E-state index in [0.29, 0.717) is 18.5 Å². The van der Waals surface area contributed by atoms with Crippen LogP contribution in [0, 0.1) is 6.92 Å². The Hall–Kier alpha value is -3.47. The predicted octanol–water partition coefficient (Wildman–Crippen LogP) is 4.72. The molecule has 0 fully saturated rings. The fourth-order valence-electron chi connectivity index (χ4n) is 2.69. The minimum absolute atomic E-state index is 0.401. The lowest BCUT2D eigenvalue weighted by atomic mass is 10.0. The Bertz CT molecular complexity index is 994. The quantitative estimate of drug-likeness (QED) is 0.568. The van der Waals surface area contributed by atoms with E-state index in [-0.39, 0.29) is 0 Å². The second-order valence-corrected chi connectivity index (χ2v) is 6.07. The molecule has 128 valence electrons. The average Bonchev–Trinajstić information content (AvgIpc) is 3.17. The molecular formula is C21H18N4O. The van der Waals surface area contributed by atoms with Crippen LogP contribution in [-0.4, -0.2) is 15.2 Å². The maximum Gasteiger partial charge on any atom is 0.316 e. The van der Waals surface area contributed by atoms with E-state index >= 15 is 0 Å². The third-order valence-electron chi connectivity index (χ3n) is 4.11. The molecule has 0 atom stereocenters. The van der Waals surface area contributed by atoms with Crippen molar-refractivity contribution in [3.05, 3.63) is 84.2 Å². The molecule has 0 unspecified atom stereocenters. The summed E-state index contributed by atoms with van der Waals surface area (Å²) in [5, 5.41) is 11.3. The van der Waals surface area contributed by atoms with E-state index in [2.05, 4.69) is 76.0 Å². The summed E-state index contributed by atoms with van der Waals surface area (Å²) < 4.78 is 5.66. The number of pyridine rings is 1. The molecule has 4 aromatic rings. The monoisotopic (exact) mass is 342 g/mol. The molecule has 5 nitrogen and oxygen atoms in total. The third-order valence-corrected chi connectivity index (χ3v) is 4.11. The zero-order chi connectivity index (χ0) is 17.8. The lowest BCUT2D eigenvalue weighted by Crippen LogP contribution is -1.99. The minimum Gasteiger partial charge on any atom is -0.403 e. The molecule has 2 aromatic carbocycles. The van der Waals surface area contributed by atoms with Crippen LogP contribution < -0.4 is 5.32 Å². The number of anilines is 1. The number of aryl methyl sites for hydroxylation is 1. The van der Waals surface area contributed by atoms with E-state index < -0.39 is 0 Å². The SMILES string of the molecule is Cc1ccc(-c2cccc(CNc3nnc(-c4ccncc4)o3)c2)cc1. The first-order valence-electron chi connectivity index (χ1n) is 8.42. The summed E-state index contributed by atoms with van der Waals surface area (Å²) in [7, 11) is 0. The van der Waals surface area contributed by atoms with E-state index in [9.17, 15) is 0 Å². The standard InChI is InChI=1S/C21H18N4O/c1-15-5-7-17(8-6-15)19-4-2-3-16(13-19)14-23-21-25-24-20(26-21)18-9-11-22-12-10-18/h2-13H,14H2,1H3,(H,23,25). The van der Waals surface area contributed by atoms with Crippen LogP contribution in [0.4, 0.5) is 6.01 Å². The second-order valence-electron chi connectivity index (χ2n) is 6.07. The Labute approximate surface area is 151 Å². The largest absolute Gasteiger partial charge is 0.403 e. The minimum atomic E-state index is 0.401. The van der Waals surface area contributed by atoms with Gasteiger partial charge >= 0.3 is 6.01 Å². The van der Waals surface area contributed by atoms with Crippen LogP contribution >= 0.6 is 0 Å². The Kier molecular flexibility index (Phi) is 4.43. The van der Waals surface area contributed by atoms with Crippen LogP contribution in [0.1, 0.15) is 11.1 Å². The molecule has 0 aliphatic rings. The topological polar surface area (TPSA) is 63.8 Å². The fraction of sp³-hybridized carbons (Fsp3) is 0.0952. The zero-order valence-electron chi connectivity index (χ0n) is 14.4. The third kappa shape index (κ3) is 3.62. The number of hydrogen-bond donors (Lipinski definition) is 1. The van der Waals surface area contributed by atoms with Gasteiger partial charge in [0.05, 0.1) is 0 Å². The molecule has 0 spiro atoms. The molecule has 0 radical (unpaired) electrons. The number of hydrogen-bond acceptors (Lipinski definition) is 5.